The summed E-state index contributed by atoms with van der Waals surface area (Å²) < 4.78 is 0. The number of amides is 1. The van der Waals surface area contributed by atoms with Gasteiger partial charge in [0.2, 0.25) is 0 Å². The summed E-state index contributed by atoms with van der Waals surface area (Å²) in [6.07, 6.45) is 0. The largest absolute Gasteiger partial charge is 0.399 e. The first-order chi connectivity index (χ1) is 9.27. The van der Waals surface area contributed by atoms with Crippen molar-refractivity contribution in [1.29, 1.82) is 0 Å². The van der Waals surface area contributed by atoms with E-state index in [-0.39, 0.29) is 11.3 Å². The van der Waals surface area contributed by atoms with Crippen LogP contribution in [0, 0.1) is 11.3 Å². The molecule has 1 aromatic heterocycles. The van der Waals surface area contributed by atoms with E-state index in [1.54, 1.807) is 0 Å². The number of nitrogens with two attached hydrogens (primary N) is 1. The predicted octanol–water partition coefficient (Wildman–Crippen LogP) is 3.16. The molecule has 0 saturated heterocycles. The lowest BCUT2D eigenvalue weighted by molar-refractivity contribution is 0.0933. The lowest BCUT2D eigenvalue weighted by atomic mass is 9.82. The van der Waals surface area contributed by atoms with E-state index in [9.17, 15) is 4.79 Å². The van der Waals surface area contributed by atoms with Gasteiger partial charge in [-0.15, -0.1) is 0 Å². The Morgan fingerprint density at radius 3 is 2.70 bits per heavy atom. The number of benzene rings is 1. The summed E-state index contributed by atoms with van der Waals surface area (Å²) in [5, 5.41) is 3.94. The van der Waals surface area contributed by atoms with Gasteiger partial charge in [-0.05, 0) is 35.6 Å². The highest BCUT2D eigenvalue weighted by atomic mass is 16.1. The van der Waals surface area contributed by atoms with Crippen LogP contribution in [0.15, 0.2) is 24.3 Å². The number of H-pyrrole nitrogens is 1. The number of carbonyl (C=O) groups excluding carboxylic acids is 1. The summed E-state index contributed by atoms with van der Waals surface area (Å²) in [6, 6.07) is 7.41. The molecule has 2 aromatic rings. The number of fused-ring (bicyclic) bond motifs is 1. The van der Waals surface area contributed by atoms with Crippen LogP contribution in [0.25, 0.3) is 10.9 Å². The molecule has 0 saturated carbocycles. The third-order valence-corrected chi connectivity index (χ3v) is 3.94. The molecule has 1 aromatic carbocycles. The second-order valence-corrected chi connectivity index (χ2v) is 6.51. The molecule has 4 N–H and O–H groups in total. The van der Waals surface area contributed by atoms with Crippen molar-refractivity contribution in [2.24, 2.45) is 11.3 Å². The number of anilines is 1. The average Bonchev–Trinajstić information content (AvgIpc) is 2.77. The van der Waals surface area contributed by atoms with Crippen molar-refractivity contribution in [3.63, 3.8) is 0 Å². The summed E-state index contributed by atoms with van der Waals surface area (Å²) in [6.45, 7) is 9.34. The standard InChI is InChI=1S/C16H23N3O/c1-10(16(2,3)4)9-18-15(20)14-8-11-7-12(17)5-6-13(11)19-14/h5-8,10,19H,9,17H2,1-4H3,(H,18,20). The number of nitrogen functional groups attached to an aromatic ring is 1. The van der Waals surface area contributed by atoms with Crippen molar-refractivity contribution in [2.75, 3.05) is 12.3 Å². The van der Waals surface area contributed by atoms with Gasteiger partial charge >= 0.3 is 0 Å². The van der Waals surface area contributed by atoms with E-state index in [1.165, 1.54) is 0 Å². The molecule has 0 fully saturated rings. The van der Waals surface area contributed by atoms with E-state index in [0.717, 1.165) is 10.9 Å². The van der Waals surface area contributed by atoms with Crippen LogP contribution in [-0.2, 0) is 0 Å². The molecule has 0 radical (unpaired) electrons. The highest BCUT2D eigenvalue weighted by Crippen LogP contribution is 2.24. The zero-order valence-electron chi connectivity index (χ0n) is 12.6. The SMILES string of the molecule is CC(CNC(=O)c1cc2cc(N)ccc2[nH]1)C(C)(C)C. The van der Waals surface area contributed by atoms with Gasteiger partial charge in [0, 0.05) is 23.1 Å². The maximum atomic E-state index is 12.2. The third-order valence-electron chi connectivity index (χ3n) is 3.94. The molecule has 2 rings (SSSR count). The molecular formula is C16H23N3O. The van der Waals surface area contributed by atoms with Crippen molar-refractivity contribution >= 4 is 22.5 Å². The van der Waals surface area contributed by atoms with Crippen molar-refractivity contribution in [1.82, 2.24) is 10.3 Å². The Labute approximate surface area is 119 Å². The number of hydrogen-bond acceptors (Lipinski definition) is 2. The van der Waals surface area contributed by atoms with Crippen molar-refractivity contribution in [3.05, 3.63) is 30.0 Å². The quantitative estimate of drug-likeness (QED) is 0.752. The molecule has 0 aliphatic carbocycles. The average molecular weight is 273 g/mol. The molecule has 4 heteroatoms. The van der Waals surface area contributed by atoms with E-state index in [2.05, 4.69) is 38.0 Å². The van der Waals surface area contributed by atoms with E-state index in [0.29, 0.717) is 23.8 Å². The Bertz CT molecular complexity index is 622. The van der Waals surface area contributed by atoms with Crippen LogP contribution in [0.4, 0.5) is 5.69 Å². The maximum absolute atomic E-state index is 12.2. The van der Waals surface area contributed by atoms with E-state index in [4.69, 9.17) is 5.73 Å². The third kappa shape index (κ3) is 3.13. The van der Waals surface area contributed by atoms with Gasteiger partial charge < -0.3 is 16.0 Å². The zero-order chi connectivity index (χ0) is 14.9. The molecule has 0 bridgehead atoms. The van der Waals surface area contributed by atoms with E-state index < -0.39 is 0 Å². The minimum atomic E-state index is -0.0733. The fourth-order valence-electron chi connectivity index (χ4n) is 1.92. The molecule has 20 heavy (non-hydrogen) atoms. The molecule has 0 aliphatic heterocycles. The molecule has 0 spiro atoms. The van der Waals surface area contributed by atoms with Crippen LogP contribution in [0.1, 0.15) is 38.2 Å². The summed E-state index contributed by atoms with van der Waals surface area (Å²) in [4.78, 5) is 15.3. The van der Waals surface area contributed by atoms with Gasteiger partial charge in [-0.3, -0.25) is 4.79 Å². The van der Waals surface area contributed by atoms with E-state index >= 15 is 0 Å². The van der Waals surface area contributed by atoms with Crippen LogP contribution in [-0.4, -0.2) is 17.4 Å². The first-order valence-electron chi connectivity index (χ1n) is 6.94. The van der Waals surface area contributed by atoms with Crippen LogP contribution >= 0.6 is 0 Å². The number of nitrogens with one attached hydrogen (secondary N) is 2. The van der Waals surface area contributed by atoms with Gasteiger partial charge in [-0.1, -0.05) is 27.7 Å². The highest BCUT2D eigenvalue weighted by Gasteiger charge is 2.20. The first-order valence-corrected chi connectivity index (χ1v) is 6.94. The Kier molecular flexibility index (Phi) is 3.75. The van der Waals surface area contributed by atoms with Crippen LogP contribution in [0.5, 0.6) is 0 Å². The van der Waals surface area contributed by atoms with Gasteiger partial charge in [0.15, 0.2) is 0 Å². The van der Waals surface area contributed by atoms with E-state index in [1.807, 2.05) is 24.3 Å². The van der Waals surface area contributed by atoms with Crippen molar-refractivity contribution in [2.45, 2.75) is 27.7 Å². The second kappa shape index (κ2) is 5.19. The summed E-state index contributed by atoms with van der Waals surface area (Å²) >= 11 is 0. The Hall–Kier alpha value is -1.97. The second-order valence-electron chi connectivity index (χ2n) is 6.51. The fraction of sp³-hybridized carbons (Fsp3) is 0.438. The molecule has 108 valence electrons. The Morgan fingerprint density at radius 1 is 1.35 bits per heavy atom. The molecule has 0 aliphatic rings. The Morgan fingerprint density at radius 2 is 2.05 bits per heavy atom. The topological polar surface area (TPSA) is 70.9 Å². The fourth-order valence-corrected chi connectivity index (χ4v) is 1.92. The Balaban J connectivity index is 2.08. The van der Waals surface area contributed by atoms with Gasteiger partial charge in [-0.25, -0.2) is 0 Å². The number of aromatic amines is 1. The first kappa shape index (κ1) is 14.4. The lowest BCUT2D eigenvalue weighted by Crippen LogP contribution is -2.33. The molecule has 1 atom stereocenters. The minimum Gasteiger partial charge on any atom is -0.399 e. The molecule has 1 unspecified atom stereocenters. The number of rotatable bonds is 3. The van der Waals surface area contributed by atoms with Crippen LogP contribution < -0.4 is 11.1 Å². The normalized spacial score (nSPS) is 13.4. The smallest absolute Gasteiger partial charge is 0.267 e. The number of hydrogen-bond donors (Lipinski definition) is 3. The number of aromatic nitrogens is 1. The molecule has 1 amide bonds. The van der Waals surface area contributed by atoms with Crippen molar-refractivity contribution < 1.29 is 4.79 Å². The summed E-state index contributed by atoms with van der Waals surface area (Å²) in [7, 11) is 0. The van der Waals surface area contributed by atoms with Gasteiger partial charge in [0.05, 0.1) is 0 Å². The van der Waals surface area contributed by atoms with Crippen LogP contribution in [0.2, 0.25) is 0 Å². The summed E-state index contributed by atoms with van der Waals surface area (Å²) in [5.41, 5.74) is 8.12. The molecular weight excluding hydrogens is 250 g/mol. The highest BCUT2D eigenvalue weighted by molar-refractivity contribution is 5.98. The van der Waals surface area contributed by atoms with Crippen LogP contribution in [0.3, 0.4) is 0 Å². The predicted molar refractivity (Wildman–Crippen MR) is 83.7 cm³/mol. The molecule has 1 heterocycles. The maximum Gasteiger partial charge on any atom is 0.267 e. The van der Waals surface area contributed by atoms with Gasteiger partial charge in [0.25, 0.3) is 5.91 Å². The summed E-state index contributed by atoms with van der Waals surface area (Å²) in [5.74, 6) is 0.336. The lowest BCUT2D eigenvalue weighted by Gasteiger charge is -2.27. The van der Waals surface area contributed by atoms with Gasteiger partial charge in [0.1, 0.15) is 5.69 Å². The zero-order valence-corrected chi connectivity index (χ0v) is 12.6. The van der Waals surface area contributed by atoms with Crippen molar-refractivity contribution in [3.8, 4) is 0 Å². The van der Waals surface area contributed by atoms with Gasteiger partial charge in [-0.2, -0.15) is 0 Å². The number of carbonyl (C=O) groups is 1. The molecule has 4 nitrogen and oxygen atoms in total. The minimum absolute atomic E-state index is 0.0733. The monoisotopic (exact) mass is 273 g/mol.